The van der Waals surface area contributed by atoms with Crippen LogP contribution in [0.3, 0.4) is 0 Å². The highest BCUT2D eigenvalue weighted by Gasteiger charge is 2.22. The van der Waals surface area contributed by atoms with Crippen LogP contribution in [0.4, 0.5) is 0 Å². The van der Waals surface area contributed by atoms with Gasteiger partial charge in [0.1, 0.15) is 0 Å². The molecular weight excluding hydrogens is 364 g/mol. The van der Waals surface area contributed by atoms with E-state index in [4.69, 9.17) is 14.2 Å². The number of piperazine rings is 1. The third-order valence-corrected chi connectivity index (χ3v) is 4.31. The zero-order valence-electron chi connectivity index (χ0n) is 16.5. The molecule has 0 atom stereocenters. The number of esters is 1. The number of hydrogen-bond acceptors (Lipinski definition) is 6. The predicted molar refractivity (Wildman–Crippen MR) is 103 cm³/mol. The lowest BCUT2D eigenvalue weighted by Gasteiger charge is -2.34. The molecule has 0 radical (unpaired) electrons. The molecule has 152 valence electrons. The van der Waals surface area contributed by atoms with Crippen LogP contribution in [0.2, 0.25) is 0 Å². The summed E-state index contributed by atoms with van der Waals surface area (Å²) >= 11 is 0. The first-order valence-electron chi connectivity index (χ1n) is 9.13. The minimum absolute atomic E-state index is 0.00502. The Balaban J connectivity index is 1.82. The highest BCUT2D eigenvalue weighted by molar-refractivity contribution is 5.89. The third kappa shape index (κ3) is 6.00. The van der Waals surface area contributed by atoms with E-state index in [9.17, 15) is 14.4 Å². The van der Waals surface area contributed by atoms with Gasteiger partial charge in [0.05, 0.1) is 13.7 Å². The maximum atomic E-state index is 12.1. The molecule has 28 heavy (non-hydrogen) atoms. The summed E-state index contributed by atoms with van der Waals surface area (Å²) in [5, 5.41) is 0. The van der Waals surface area contributed by atoms with E-state index in [1.807, 2.05) is 6.92 Å². The fourth-order valence-electron chi connectivity index (χ4n) is 2.77. The van der Waals surface area contributed by atoms with Crippen molar-refractivity contribution in [2.24, 2.45) is 0 Å². The van der Waals surface area contributed by atoms with Gasteiger partial charge in [-0.25, -0.2) is 4.79 Å². The number of nitrogens with zero attached hydrogens (tertiary/aromatic N) is 2. The van der Waals surface area contributed by atoms with Gasteiger partial charge in [0.2, 0.25) is 5.91 Å². The monoisotopic (exact) mass is 390 g/mol. The van der Waals surface area contributed by atoms with E-state index in [2.05, 4.69) is 0 Å². The molecule has 1 aromatic rings. The smallest absolute Gasteiger partial charge is 0.331 e. The first-order valence-corrected chi connectivity index (χ1v) is 9.13. The first-order chi connectivity index (χ1) is 13.4. The number of ether oxygens (including phenoxy) is 3. The maximum absolute atomic E-state index is 12.1. The van der Waals surface area contributed by atoms with Crippen molar-refractivity contribution in [2.45, 2.75) is 13.8 Å². The third-order valence-electron chi connectivity index (χ3n) is 4.31. The quantitative estimate of drug-likeness (QED) is 0.516. The molecule has 1 aliphatic rings. The average Bonchev–Trinajstić information content (AvgIpc) is 2.71. The van der Waals surface area contributed by atoms with Gasteiger partial charge in [0.15, 0.2) is 18.1 Å². The molecule has 1 heterocycles. The van der Waals surface area contributed by atoms with Crippen LogP contribution in [0.5, 0.6) is 11.5 Å². The van der Waals surface area contributed by atoms with Gasteiger partial charge in [-0.05, 0) is 30.7 Å². The highest BCUT2D eigenvalue weighted by atomic mass is 16.5. The molecule has 0 aliphatic carbocycles. The van der Waals surface area contributed by atoms with Crippen LogP contribution in [-0.4, -0.2) is 74.1 Å². The summed E-state index contributed by atoms with van der Waals surface area (Å²) in [6.45, 7) is 5.46. The zero-order chi connectivity index (χ0) is 20.5. The second-order valence-electron chi connectivity index (χ2n) is 6.17. The second kappa shape index (κ2) is 10.3. The van der Waals surface area contributed by atoms with E-state index in [0.29, 0.717) is 44.3 Å². The van der Waals surface area contributed by atoms with Crippen molar-refractivity contribution < 1.29 is 28.6 Å². The number of carbonyl (C=O) groups excluding carboxylic acids is 3. The summed E-state index contributed by atoms with van der Waals surface area (Å²) in [5.74, 6) is 0.309. The molecule has 2 amide bonds. The molecular formula is C20H26N2O6. The highest BCUT2D eigenvalue weighted by Crippen LogP contribution is 2.28. The van der Waals surface area contributed by atoms with E-state index in [1.165, 1.54) is 13.0 Å². The molecule has 1 aliphatic heterocycles. The minimum Gasteiger partial charge on any atom is -0.493 e. The van der Waals surface area contributed by atoms with E-state index >= 15 is 0 Å². The molecule has 0 unspecified atom stereocenters. The summed E-state index contributed by atoms with van der Waals surface area (Å²) < 4.78 is 15.7. The molecule has 0 spiro atoms. The molecule has 8 nitrogen and oxygen atoms in total. The zero-order valence-corrected chi connectivity index (χ0v) is 16.5. The lowest BCUT2D eigenvalue weighted by molar-refractivity contribution is -0.149. The summed E-state index contributed by atoms with van der Waals surface area (Å²) in [4.78, 5) is 38.6. The predicted octanol–water partition coefficient (Wildman–Crippen LogP) is 1.34. The lowest BCUT2D eigenvalue weighted by Crippen LogP contribution is -2.51. The molecule has 1 aromatic carbocycles. The molecule has 1 saturated heterocycles. The van der Waals surface area contributed by atoms with Crippen LogP contribution in [0, 0.1) is 0 Å². The van der Waals surface area contributed by atoms with Gasteiger partial charge in [0, 0.05) is 39.2 Å². The van der Waals surface area contributed by atoms with Gasteiger partial charge in [-0.15, -0.1) is 0 Å². The molecule has 0 N–H and O–H groups in total. The Bertz CT molecular complexity index is 738. The van der Waals surface area contributed by atoms with Crippen molar-refractivity contribution in [1.29, 1.82) is 0 Å². The van der Waals surface area contributed by atoms with E-state index in [1.54, 1.807) is 41.2 Å². The van der Waals surface area contributed by atoms with Crippen LogP contribution >= 0.6 is 0 Å². The molecule has 2 rings (SSSR count). The molecule has 8 heteroatoms. The van der Waals surface area contributed by atoms with Crippen LogP contribution in [0.15, 0.2) is 24.3 Å². The van der Waals surface area contributed by atoms with E-state index < -0.39 is 5.97 Å². The fraction of sp³-hybridized carbons (Fsp3) is 0.450. The summed E-state index contributed by atoms with van der Waals surface area (Å²) in [6.07, 6.45) is 2.84. The van der Waals surface area contributed by atoms with Crippen LogP contribution < -0.4 is 9.47 Å². The Hall–Kier alpha value is -3.03. The van der Waals surface area contributed by atoms with Crippen LogP contribution in [-0.2, 0) is 19.1 Å². The van der Waals surface area contributed by atoms with Gasteiger partial charge in [-0.1, -0.05) is 6.07 Å². The number of carbonyl (C=O) groups is 3. The standard InChI is InChI=1S/C20H26N2O6/c1-4-27-17-7-5-16(13-18(17)26-3)6-8-20(25)28-14-19(24)22-11-9-21(10-12-22)15(2)23/h5-8,13H,4,9-12,14H2,1-3H3/b8-6+. The average molecular weight is 390 g/mol. The van der Waals surface area contributed by atoms with Gasteiger partial charge in [-0.2, -0.15) is 0 Å². The van der Waals surface area contributed by atoms with Crippen molar-refractivity contribution in [1.82, 2.24) is 9.80 Å². The van der Waals surface area contributed by atoms with Crippen molar-refractivity contribution >= 4 is 23.9 Å². The normalized spacial score (nSPS) is 14.1. The fourth-order valence-corrected chi connectivity index (χ4v) is 2.77. The molecule has 0 saturated carbocycles. The summed E-state index contributed by atoms with van der Waals surface area (Å²) in [7, 11) is 1.54. The minimum atomic E-state index is -0.608. The number of rotatable bonds is 7. The topological polar surface area (TPSA) is 85.4 Å². The number of amides is 2. The van der Waals surface area contributed by atoms with Gasteiger partial charge < -0.3 is 24.0 Å². The van der Waals surface area contributed by atoms with Crippen molar-refractivity contribution in [3.8, 4) is 11.5 Å². The van der Waals surface area contributed by atoms with Gasteiger partial charge in [-0.3, -0.25) is 9.59 Å². The molecule has 0 bridgehead atoms. The lowest BCUT2D eigenvalue weighted by atomic mass is 10.2. The number of hydrogen-bond donors (Lipinski definition) is 0. The molecule has 0 aromatic heterocycles. The van der Waals surface area contributed by atoms with E-state index in [-0.39, 0.29) is 18.4 Å². The van der Waals surface area contributed by atoms with Gasteiger partial charge in [0.25, 0.3) is 5.91 Å². The van der Waals surface area contributed by atoms with Crippen LogP contribution in [0.1, 0.15) is 19.4 Å². The largest absolute Gasteiger partial charge is 0.493 e. The van der Waals surface area contributed by atoms with Crippen LogP contribution in [0.25, 0.3) is 6.08 Å². The number of methoxy groups -OCH3 is 1. The Labute approximate surface area is 164 Å². The van der Waals surface area contributed by atoms with E-state index in [0.717, 1.165) is 5.56 Å². The Morgan fingerprint density at radius 3 is 2.36 bits per heavy atom. The maximum Gasteiger partial charge on any atom is 0.331 e. The second-order valence-corrected chi connectivity index (χ2v) is 6.17. The molecule has 1 fully saturated rings. The van der Waals surface area contributed by atoms with Crippen molar-refractivity contribution in [3.63, 3.8) is 0 Å². The Morgan fingerprint density at radius 1 is 1.07 bits per heavy atom. The summed E-state index contributed by atoms with van der Waals surface area (Å²) in [6, 6.07) is 5.29. The Kier molecular flexibility index (Phi) is 7.86. The number of benzene rings is 1. The SMILES string of the molecule is CCOc1ccc(/C=C/C(=O)OCC(=O)N2CCN(C(C)=O)CC2)cc1OC. The van der Waals surface area contributed by atoms with Gasteiger partial charge >= 0.3 is 5.97 Å². The Morgan fingerprint density at radius 2 is 1.75 bits per heavy atom. The van der Waals surface area contributed by atoms with Crippen molar-refractivity contribution in [2.75, 3.05) is 46.5 Å². The summed E-state index contributed by atoms with van der Waals surface area (Å²) in [5.41, 5.74) is 0.740. The first kappa shape index (κ1) is 21.3. The van der Waals surface area contributed by atoms with Crippen molar-refractivity contribution in [3.05, 3.63) is 29.8 Å².